The van der Waals surface area contributed by atoms with Crippen molar-refractivity contribution >= 4 is 47.0 Å². The molecule has 210 valence electrons. The number of halogens is 1. The van der Waals surface area contributed by atoms with Gasteiger partial charge in [0.15, 0.2) is 0 Å². The van der Waals surface area contributed by atoms with Crippen LogP contribution in [-0.4, -0.2) is 70.7 Å². The molecule has 0 bridgehead atoms. The average Bonchev–Trinajstić information content (AvgIpc) is 3.34. The fraction of sp³-hybridized carbons (Fsp3) is 0.429. The second-order valence-electron chi connectivity index (χ2n) is 10.3. The van der Waals surface area contributed by atoms with Crippen LogP contribution in [0.25, 0.3) is 0 Å². The van der Waals surface area contributed by atoms with Crippen molar-refractivity contribution in [1.29, 1.82) is 0 Å². The smallest absolute Gasteiger partial charge is 0.327 e. The monoisotopic (exact) mass is 582 g/mol. The van der Waals surface area contributed by atoms with Gasteiger partial charge in [-0.05, 0) is 50.1 Å². The minimum atomic E-state index is -0.301. The molecule has 0 saturated carbocycles. The summed E-state index contributed by atoms with van der Waals surface area (Å²) in [5, 5.41) is 9.62. The number of aromatic nitrogens is 1. The van der Waals surface area contributed by atoms with E-state index in [4.69, 9.17) is 16.3 Å². The number of rotatable bonds is 7. The summed E-state index contributed by atoms with van der Waals surface area (Å²) in [6, 6.07) is 12.5. The van der Waals surface area contributed by atoms with E-state index < -0.39 is 0 Å². The Hall–Kier alpha value is -3.28. The molecule has 1 aromatic heterocycles. The Bertz CT molecular complexity index is 1310. The maximum atomic E-state index is 13.5. The Morgan fingerprint density at radius 3 is 2.77 bits per heavy atom. The normalized spacial score (nSPS) is 25.8. The number of carbonyl (C=O) groups is 3. The van der Waals surface area contributed by atoms with Crippen LogP contribution in [0, 0.1) is 5.92 Å². The molecule has 5 heterocycles. The third kappa shape index (κ3) is 5.37. The first-order chi connectivity index (χ1) is 19.5. The number of nitrogens with one attached hydrogen (secondary N) is 3. The van der Waals surface area contributed by atoms with Crippen molar-refractivity contribution in [3.8, 4) is 11.5 Å². The number of nitrogens with zero attached hydrogens (tertiary/aromatic N) is 3. The van der Waals surface area contributed by atoms with Crippen LogP contribution < -0.4 is 25.6 Å². The van der Waals surface area contributed by atoms with Gasteiger partial charge in [0, 0.05) is 43.0 Å². The highest BCUT2D eigenvalue weighted by molar-refractivity contribution is 8.04. The summed E-state index contributed by atoms with van der Waals surface area (Å²) in [6.07, 6.45) is 4.27. The van der Waals surface area contributed by atoms with Gasteiger partial charge in [-0.25, -0.2) is 9.78 Å². The number of hydrogen-bond donors (Lipinski definition) is 3. The van der Waals surface area contributed by atoms with Crippen molar-refractivity contribution in [2.24, 2.45) is 5.92 Å². The van der Waals surface area contributed by atoms with E-state index in [1.807, 2.05) is 30.3 Å². The molecule has 40 heavy (non-hydrogen) atoms. The summed E-state index contributed by atoms with van der Waals surface area (Å²) in [6.45, 7) is 1.87. The molecule has 12 heteroatoms. The van der Waals surface area contributed by atoms with Crippen molar-refractivity contribution in [3.05, 3.63) is 59.3 Å². The van der Waals surface area contributed by atoms with Gasteiger partial charge in [-0.1, -0.05) is 30.0 Å². The zero-order chi connectivity index (χ0) is 27.6. The van der Waals surface area contributed by atoms with Crippen molar-refractivity contribution in [3.63, 3.8) is 0 Å². The van der Waals surface area contributed by atoms with Crippen LogP contribution in [-0.2, 0) is 9.59 Å². The number of thioether (sulfide) groups is 1. The lowest BCUT2D eigenvalue weighted by molar-refractivity contribution is -0.132. The Balaban J connectivity index is 1.17. The fourth-order valence-electron chi connectivity index (χ4n) is 5.90. The predicted octanol–water partition coefficient (Wildman–Crippen LogP) is 3.40. The molecule has 3 unspecified atom stereocenters. The molecule has 4 atom stereocenters. The third-order valence-corrected chi connectivity index (χ3v) is 9.26. The van der Waals surface area contributed by atoms with Crippen LogP contribution in [0.5, 0.6) is 11.5 Å². The summed E-state index contributed by atoms with van der Waals surface area (Å²) in [5.74, 6) is 1.84. The number of anilines is 1. The van der Waals surface area contributed by atoms with Crippen LogP contribution >= 0.6 is 23.4 Å². The molecule has 0 radical (unpaired) electrons. The standard InChI is InChI=1S/C28H31ClN6O4S/c29-12-10-22(36)34-14-4-5-17(16-34)32-26(37)25-24-23-20(11-13-30-27(23)40-25)35(28(38)33-24)21-9-8-19(15-31-21)39-18-6-2-1-3-7-18/h1-3,6-9,15,17,20,23,27,30H,4-5,10-14,16H2,(H,32,37)(H,33,38)/t17-,20?,23?,27?/m0/s1. The number of benzene rings is 1. The summed E-state index contributed by atoms with van der Waals surface area (Å²) in [7, 11) is 0. The number of para-hydroxylation sites is 1. The SMILES string of the molecule is O=C(N[C@H]1CCCN(C(=O)CCCl)C1)C1=C2NC(=O)N(c3ccc(Oc4ccccc4)cn3)C3CCNC(S1)C23. The number of pyridine rings is 1. The van der Waals surface area contributed by atoms with E-state index >= 15 is 0 Å². The molecule has 3 N–H and O–H groups in total. The van der Waals surface area contributed by atoms with Crippen molar-refractivity contribution in [1.82, 2.24) is 25.8 Å². The molecular weight excluding hydrogens is 552 g/mol. The molecular formula is C28H31ClN6O4S. The molecule has 3 saturated heterocycles. The van der Waals surface area contributed by atoms with E-state index in [0.29, 0.717) is 47.4 Å². The number of amides is 4. The summed E-state index contributed by atoms with van der Waals surface area (Å²) >= 11 is 7.21. The van der Waals surface area contributed by atoms with Gasteiger partial charge >= 0.3 is 6.03 Å². The minimum absolute atomic E-state index is 0.0113. The first-order valence-electron chi connectivity index (χ1n) is 13.6. The van der Waals surface area contributed by atoms with Crippen molar-refractivity contribution in [2.75, 3.05) is 30.4 Å². The Kier molecular flexibility index (Phi) is 7.86. The zero-order valence-corrected chi connectivity index (χ0v) is 23.4. The lowest BCUT2D eigenvalue weighted by Crippen LogP contribution is -2.62. The number of hydrogen-bond acceptors (Lipinski definition) is 7. The summed E-state index contributed by atoms with van der Waals surface area (Å²) in [5.41, 5.74) is 0.667. The fourth-order valence-corrected chi connectivity index (χ4v) is 7.46. The van der Waals surface area contributed by atoms with E-state index in [-0.39, 0.29) is 47.1 Å². The van der Waals surface area contributed by atoms with Crippen molar-refractivity contribution < 1.29 is 19.1 Å². The highest BCUT2D eigenvalue weighted by Crippen LogP contribution is 2.47. The maximum Gasteiger partial charge on any atom is 0.327 e. The maximum absolute atomic E-state index is 13.5. The van der Waals surface area contributed by atoms with Gasteiger partial charge in [-0.2, -0.15) is 0 Å². The first kappa shape index (κ1) is 26.9. The van der Waals surface area contributed by atoms with Gasteiger partial charge in [0.05, 0.1) is 22.5 Å². The quantitative estimate of drug-likeness (QED) is 0.429. The van der Waals surface area contributed by atoms with Crippen LogP contribution in [0.4, 0.5) is 10.6 Å². The van der Waals surface area contributed by atoms with E-state index in [1.54, 1.807) is 28.1 Å². The highest BCUT2D eigenvalue weighted by atomic mass is 35.5. The number of alkyl halides is 1. The molecule has 1 aromatic carbocycles. The van der Waals surface area contributed by atoms with E-state index in [0.717, 1.165) is 25.8 Å². The van der Waals surface area contributed by atoms with Crippen molar-refractivity contribution in [2.45, 2.75) is 43.1 Å². The minimum Gasteiger partial charge on any atom is -0.456 e. The summed E-state index contributed by atoms with van der Waals surface area (Å²) in [4.78, 5) is 47.8. The molecule has 4 aliphatic heterocycles. The number of likely N-dealkylation sites (tertiary alicyclic amines) is 1. The van der Waals surface area contributed by atoms with E-state index in [9.17, 15) is 14.4 Å². The van der Waals surface area contributed by atoms with Gasteiger partial charge in [-0.3, -0.25) is 14.5 Å². The zero-order valence-electron chi connectivity index (χ0n) is 21.8. The van der Waals surface area contributed by atoms with Crippen LogP contribution in [0.3, 0.4) is 0 Å². The molecule has 6 rings (SSSR count). The third-order valence-electron chi connectivity index (χ3n) is 7.71. The van der Waals surface area contributed by atoms with Gasteiger partial charge in [0.25, 0.3) is 5.91 Å². The highest BCUT2D eigenvalue weighted by Gasteiger charge is 2.52. The first-order valence-corrected chi connectivity index (χ1v) is 15.0. The van der Waals surface area contributed by atoms with Crippen LogP contribution in [0.1, 0.15) is 25.7 Å². The van der Waals surface area contributed by atoms with E-state index in [2.05, 4.69) is 20.9 Å². The second kappa shape index (κ2) is 11.7. The number of ether oxygens (including phenoxy) is 1. The van der Waals surface area contributed by atoms with Gasteiger partial charge < -0.3 is 25.6 Å². The van der Waals surface area contributed by atoms with Crippen LogP contribution in [0.2, 0.25) is 0 Å². The Morgan fingerprint density at radius 2 is 2.00 bits per heavy atom. The molecule has 2 aromatic rings. The number of piperidine rings is 2. The number of carbonyl (C=O) groups excluding carboxylic acids is 3. The summed E-state index contributed by atoms with van der Waals surface area (Å²) < 4.78 is 5.86. The van der Waals surface area contributed by atoms with E-state index in [1.165, 1.54) is 11.8 Å². The lowest BCUT2D eigenvalue weighted by atomic mass is 9.86. The number of urea groups is 1. The van der Waals surface area contributed by atoms with Gasteiger partial charge in [-0.15, -0.1) is 11.6 Å². The predicted molar refractivity (Wildman–Crippen MR) is 153 cm³/mol. The molecule has 3 fully saturated rings. The average molecular weight is 583 g/mol. The molecule has 4 aliphatic rings. The topological polar surface area (TPSA) is 116 Å². The largest absolute Gasteiger partial charge is 0.456 e. The molecule has 10 nitrogen and oxygen atoms in total. The second-order valence-corrected chi connectivity index (χ2v) is 11.8. The lowest BCUT2D eigenvalue weighted by Gasteiger charge is -2.45. The van der Waals surface area contributed by atoms with Crippen LogP contribution in [0.15, 0.2) is 59.3 Å². The molecule has 4 amide bonds. The molecule has 0 aliphatic carbocycles. The van der Waals surface area contributed by atoms with Gasteiger partial charge in [0.2, 0.25) is 5.91 Å². The Labute approximate surface area is 241 Å². The van der Waals surface area contributed by atoms with Gasteiger partial charge in [0.1, 0.15) is 17.3 Å². The Morgan fingerprint density at radius 1 is 1.15 bits per heavy atom. The molecule has 0 spiro atoms.